The number of amides is 2. The Labute approximate surface area is 148 Å². The van der Waals surface area contributed by atoms with Crippen LogP contribution in [0.15, 0.2) is 35.5 Å². The predicted molar refractivity (Wildman–Crippen MR) is 89.6 cm³/mol. The number of hydrazine groups is 1. The number of carbonyl (C=O) groups is 2. The number of hydrogen-bond acceptors (Lipinski definition) is 7. The topological polar surface area (TPSA) is 111 Å². The molecule has 2 amide bonds. The quantitative estimate of drug-likeness (QED) is 0.565. The molecule has 3 rings (SSSR count). The van der Waals surface area contributed by atoms with Gasteiger partial charge in [-0.2, -0.15) is 0 Å². The van der Waals surface area contributed by atoms with E-state index in [1.54, 1.807) is 28.9 Å². The number of thioether (sulfide) groups is 1. The van der Waals surface area contributed by atoms with Crippen LogP contribution in [0.5, 0.6) is 0 Å². The molecule has 25 heavy (non-hydrogen) atoms. The third kappa shape index (κ3) is 5.00. The van der Waals surface area contributed by atoms with Crippen LogP contribution in [-0.2, 0) is 16.1 Å². The first kappa shape index (κ1) is 17.4. The minimum Gasteiger partial charge on any atom is -0.376 e. The van der Waals surface area contributed by atoms with E-state index in [0.717, 1.165) is 19.4 Å². The fourth-order valence-corrected chi connectivity index (χ4v) is 3.04. The number of ether oxygens (including phenoxy) is 1. The van der Waals surface area contributed by atoms with Gasteiger partial charge in [0.05, 0.1) is 18.4 Å². The number of hydrogen-bond donors (Lipinski definition) is 2. The number of nitrogens with one attached hydrogen (secondary N) is 2. The van der Waals surface area contributed by atoms with Crippen molar-refractivity contribution in [2.75, 3.05) is 12.4 Å². The van der Waals surface area contributed by atoms with Crippen LogP contribution in [-0.4, -0.2) is 50.5 Å². The van der Waals surface area contributed by atoms with Gasteiger partial charge in [0.1, 0.15) is 0 Å². The van der Waals surface area contributed by atoms with Crippen molar-refractivity contribution in [3.8, 4) is 0 Å². The second kappa shape index (κ2) is 8.58. The van der Waals surface area contributed by atoms with Crippen molar-refractivity contribution >= 4 is 23.6 Å². The fourth-order valence-electron chi connectivity index (χ4n) is 2.35. The van der Waals surface area contributed by atoms with Crippen LogP contribution in [0.4, 0.5) is 0 Å². The summed E-state index contributed by atoms with van der Waals surface area (Å²) in [4.78, 5) is 23.7. The molecule has 0 bridgehead atoms. The molecule has 10 heteroatoms. The number of rotatable bonds is 6. The van der Waals surface area contributed by atoms with Crippen molar-refractivity contribution in [2.45, 2.75) is 30.6 Å². The van der Waals surface area contributed by atoms with Crippen LogP contribution < -0.4 is 10.9 Å². The Morgan fingerprint density at radius 1 is 1.28 bits per heavy atom. The lowest BCUT2D eigenvalue weighted by Gasteiger charge is -2.10. The highest BCUT2D eigenvalue weighted by Crippen LogP contribution is 2.18. The second-order valence-electron chi connectivity index (χ2n) is 5.44. The second-order valence-corrected chi connectivity index (χ2v) is 6.38. The first-order valence-electron chi connectivity index (χ1n) is 7.87. The number of benzene rings is 1. The van der Waals surface area contributed by atoms with Gasteiger partial charge in [0, 0.05) is 12.2 Å². The van der Waals surface area contributed by atoms with Gasteiger partial charge in [0.25, 0.3) is 5.91 Å². The molecule has 0 saturated carbocycles. The van der Waals surface area contributed by atoms with Crippen LogP contribution in [0.25, 0.3) is 0 Å². The van der Waals surface area contributed by atoms with E-state index in [-0.39, 0.29) is 23.7 Å². The Morgan fingerprint density at radius 2 is 2.12 bits per heavy atom. The Morgan fingerprint density at radius 3 is 2.88 bits per heavy atom. The van der Waals surface area contributed by atoms with Crippen LogP contribution >= 0.6 is 11.8 Å². The summed E-state index contributed by atoms with van der Waals surface area (Å²) >= 11 is 1.20. The van der Waals surface area contributed by atoms with Gasteiger partial charge in [-0.25, -0.2) is 4.68 Å². The molecular weight excluding hydrogens is 344 g/mol. The summed E-state index contributed by atoms with van der Waals surface area (Å²) in [7, 11) is 0. The van der Waals surface area contributed by atoms with E-state index in [0.29, 0.717) is 17.3 Å². The Balaban J connectivity index is 1.43. The third-order valence-corrected chi connectivity index (χ3v) is 4.54. The Kier molecular flexibility index (Phi) is 5.96. The standard InChI is InChI=1S/C15H18N6O3S/c22-13(16-17-14(23)11-5-2-1-3-6-11)10-25-15-18-19-20-21(15)9-12-7-4-8-24-12/h1-3,5-6,12H,4,7-10H2,(H,16,22)(H,17,23). The highest BCUT2D eigenvalue weighted by atomic mass is 32.2. The predicted octanol–water partition coefficient (Wildman–Crippen LogP) is 0.405. The summed E-state index contributed by atoms with van der Waals surface area (Å²) in [5.41, 5.74) is 5.21. The first-order chi connectivity index (χ1) is 12.2. The molecule has 2 aromatic rings. The maximum Gasteiger partial charge on any atom is 0.269 e. The molecule has 1 aliphatic heterocycles. The molecule has 1 saturated heterocycles. The SMILES string of the molecule is O=C(CSc1nnnn1CC1CCCO1)NNC(=O)c1ccccc1. The van der Waals surface area contributed by atoms with Crippen molar-refractivity contribution in [3.63, 3.8) is 0 Å². The summed E-state index contributed by atoms with van der Waals surface area (Å²) in [5, 5.41) is 12.0. The van der Waals surface area contributed by atoms with Gasteiger partial charge in [0.2, 0.25) is 11.1 Å². The van der Waals surface area contributed by atoms with Crippen molar-refractivity contribution < 1.29 is 14.3 Å². The number of aromatic nitrogens is 4. The molecule has 1 fully saturated rings. The molecule has 9 nitrogen and oxygen atoms in total. The molecule has 2 heterocycles. The fraction of sp³-hybridized carbons (Fsp3) is 0.400. The highest BCUT2D eigenvalue weighted by molar-refractivity contribution is 7.99. The van der Waals surface area contributed by atoms with E-state index in [4.69, 9.17) is 4.74 Å². The largest absolute Gasteiger partial charge is 0.376 e. The van der Waals surface area contributed by atoms with Crippen LogP contribution in [0.1, 0.15) is 23.2 Å². The van der Waals surface area contributed by atoms with Crippen molar-refractivity contribution in [1.82, 2.24) is 31.1 Å². The van der Waals surface area contributed by atoms with Crippen LogP contribution in [0, 0.1) is 0 Å². The summed E-state index contributed by atoms with van der Waals surface area (Å²) in [6.07, 6.45) is 2.14. The van der Waals surface area contributed by atoms with Crippen molar-refractivity contribution in [1.29, 1.82) is 0 Å². The van der Waals surface area contributed by atoms with Gasteiger partial charge in [0.15, 0.2) is 0 Å². The van der Waals surface area contributed by atoms with Gasteiger partial charge in [-0.05, 0) is 35.4 Å². The van der Waals surface area contributed by atoms with E-state index in [2.05, 4.69) is 26.4 Å². The average molecular weight is 362 g/mol. The minimum absolute atomic E-state index is 0.0843. The summed E-state index contributed by atoms with van der Waals surface area (Å²) in [6.45, 7) is 1.33. The molecular formula is C15H18N6O3S. The molecule has 1 aromatic carbocycles. The Bertz CT molecular complexity index is 717. The van der Waals surface area contributed by atoms with Gasteiger partial charge in [-0.1, -0.05) is 30.0 Å². The van der Waals surface area contributed by atoms with Crippen molar-refractivity contribution in [2.24, 2.45) is 0 Å². The lowest BCUT2D eigenvalue weighted by Crippen LogP contribution is -2.42. The maximum atomic E-state index is 11.9. The normalized spacial score (nSPS) is 16.6. The molecule has 1 aromatic heterocycles. The number of carbonyl (C=O) groups excluding carboxylic acids is 2. The van der Waals surface area contributed by atoms with E-state index >= 15 is 0 Å². The van der Waals surface area contributed by atoms with E-state index in [1.165, 1.54) is 11.8 Å². The van der Waals surface area contributed by atoms with Crippen LogP contribution in [0.2, 0.25) is 0 Å². The average Bonchev–Trinajstić information content (AvgIpc) is 3.31. The molecule has 0 radical (unpaired) electrons. The molecule has 1 aliphatic rings. The highest BCUT2D eigenvalue weighted by Gasteiger charge is 2.19. The lowest BCUT2D eigenvalue weighted by molar-refractivity contribution is -0.119. The molecule has 1 atom stereocenters. The maximum absolute atomic E-state index is 11.9. The van der Waals surface area contributed by atoms with Gasteiger partial charge >= 0.3 is 0 Å². The molecule has 1 unspecified atom stereocenters. The third-order valence-electron chi connectivity index (χ3n) is 3.58. The molecule has 0 spiro atoms. The Hall–Kier alpha value is -2.46. The molecule has 2 N–H and O–H groups in total. The van der Waals surface area contributed by atoms with E-state index < -0.39 is 0 Å². The van der Waals surface area contributed by atoms with Crippen LogP contribution in [0.3, 0.4) is 0 Å². The van der Waals surface area contributed by atoms with E-state index in [9.17, 15) is 9.59 Å². The lowest BCUT2D eigenvalue weighted by atomic mass is 10.2. The smallest absolute Gasteiger partial charge is 0.269 e. The zero-order chi connectivity index (χ0) is 17.5. The monoisotopic (exact) mass is 362 g/mol. The summed E-state index contributed by atoms with van der Waals surface area (Å²) < 4.78 is 7.20. The minimum atomic E-state index is -0.373. The van der Waals surface area contributed by atoms with Gasteiger partial charge in [-0.15, -0.1) is 5.10 Å². The number of nitrogens with zero attached hydrogens (tertiary/aromatic N) is 4. The van der Waals surface area contributed by atoms with Gasteiger partial charge < -0.3 is 4.74 Å². The van der Waals surface area contributed by atoms with E-state index in [1.807, 2.05) is 6.07 Å². The molecule has 132 valence electrons. The number of tetrazole rings is 1. The molecule has 0 aliphatic carbocycles. The van der Waals surface area contributed by atoms with Gasteiger partial charge in [-0.3, -0.25) is 20.4 Å². The first-order valence-corrected chi connectivity index (χ1v) is 8.86. The summed E-state index contributed by atoms with van der Waals surface area (Å²) in [5.74, 6) is -0.635. The zero-order valence-electron chi connectivity index (χ0n) is 13.4. The summed E-state index contributed by atoms with van der Waals surface area (Å²) in [6, 6.07) is 8.64. The zero-order valence-corrected chi connectivity index (χ0v) is 14.2. The van der Waals surface area contributed by atoms with Crippen molar-refractivity contribution in [3.05, 3.63) is 35.9 Å².